The van der Waals surface area contributed by atoms with Gasteiger partial charge in [0.2, 0.25) is 0 Å². The molecular weight excluding hydrogens is 166 g/mol. The molecule has 1 aliphatic heterocycles. The van der Waals surface area contributed by atoms with Crippen LogP contribution in [-0.4, -0.2) is 34.2 Å². The molecule has 0 N–H and O–H groups in total. The molecule has 4 nitrogen and oxygen atoms in total. The molecule has 4 heteroatoms. The third kappa shape index (κ3) is 1.05. The Bertz CT molecular complexity index is 367. The molecule has 13 heavy (non-hydrogen) atoms. The second-order valence-electron chi connectivity index (χ2n) is 3.51. The van der Waals surface area contributed by atoms with Gasteiger partial charge in [0.25, 0.3) is 5.91 Å². The Kier molecular flexibility index (Phi) is 1.65. The van der Waals surface area contributed by atoms with Crippen molar-refractivity contribution in [3.05, 3.63) is 17.0 Å². The van der Waals surface area contributed by atoms with Crippen molar-refractivity contribution in [1.29, 1.82) is 0 Å². The van der Waals surface area contributed by atoms with Crippen LogP contribution in [0, 0.1) is 6.92 Å². The fraction of sp³-hybridized carbons (Fsp3) is 0.556. The van der Waals surface area contributed by atoms with Crippen LogP contribution in [0.5, 0.6) is 0 Å². The number of aromatic nitrogens is 2. The lowest BCUT2D eigenvalue weighted by Crippen LogP contribution is -2.34. The monoisotopic (exact) mass is 179 g/mol. The van der Waals surface area contributed by atoms with Gasteiger partial charge in [-0.25, -0.2) is 0 Å². The van der Waals surface area contributed by atoms with E-state index in [1.807, 2.05) is 25.7 Å². The van der Waals surface area contributed by atoms with Crippen molar-refractivity contribution in [3.8, 4) is 0 Å². The Morgan fingerprint density at radius 1 is 1.38 bits per heavy atom. The van der Waals surface area contributed by atoms with Crippen LogP contribution in [0.3, 0.4) is 0 Å². The predicted molar refractivity (Wildman–Crippen MR) is 48.6 cm³/mol. The standard InChI is InChI=1S/C9H13N3O/c1-6-8-7(12(3)10-6)4-5-11(2)9(8)13/h4-5H2,1-3H3. The Morgan fingerprint density at radius 2 is 2.08 bits per heavy atom. The highest BCUT2D eigenvalue weighted by atomic mass is 16.2. The number of amides is 1. The van der Waals surface area contributed by atoms with E-state index in [1.165, 1.54) is 0 Å². The first-order valence-electron chi connectivity index (χ1n) is 4.39. The zero-order chi connectivity index (χ0) is 9.59. The van der Waals surface area contributed by atoms with E-state index >= 15 is 0 Å². The summed E-state index contributed by atoms with van der Waals surface area (Å²) in [6.07, 6.45) is 0.912. The Hall–Kier alpha value is -1.32. The van der Waals surface area contributed by atoms with Gasteiger partial charge < -0.3 is 4.90 Å². The summed E-state index contributed by atoms with van der Waals surface area (Å²) in [5, 5.41) is 4.25. The summed E-state index contributed by atoms with van der Waals surface area (Å²) in [5.41, 5.74) is 2.71. The normalized spacial score (nSPS) is 16.2. The van der Waals surface area contributed by atoms with E-state index < -0.39 is 0 Å². The lowest BCUT2D eigenvalue weighted by Gasteiger charge is -2.22. The average molecular weight is 179 g/mol. The average Bonchev–Trinajstić information content (AvgIpc) is 2.35. The molecule has 0 atom stereocenters. The van der Waals surface area contributed by atoms with Crippen molar-refractivity contribution in [2.45, 2.75) is 13.3 Å². The SMILES string of the molecule is Cc1nn(C)c2c1C(=O)N(C)CC2. The van der Waals surface area contributed by atoms with Crippen molar-refractivity contribution < 1.29 is 4.79 Å². The maximum atomic E-state index is 11.7. The lowest BCUT2D eigenvalue weighted by molar-refractivity contribution is 0.0779. The lowest BCUT2D eigenvalue weighted by atomic mass is 10.1. The molecule has 0 bridgehead atoms. The molecule has 0 saturated heterocycles. The van der Waals surface area contributed by atoms with Gasteiger partial charge >= 0.3 is 0 Å². The minimum absolute atomic E-state index is 0.104. The van der Waals surface area contributed by atoms with Gasteiger partial charge in [-0.1, -0.05) is 0 Å². The van der Waals surface area contributed by atoms with E-state index in [2.05, 4.69) is 5.10 Å². The van der Waals surface area contributed by atoms with Crippen molar-refractivity contribution in [2.24, 2.45) is 7.05 Å². The van der Waals surface area contributed by atoms with E-state index in [0.717, 1.165) is 29.9 Å². The summed E-state index contributed by atoms with van der Waals surface area (Å²) in [7, 11) is 3.72. The van der Waals surface area contributed by atoms with E-state index in [-0.39, 0.29) is 5.91 Å². The van der Waals surface area contributed by atoms with Crippen LogP contribution in [-0.2, 0) is 13.5 Å². The Balaban J connectivity index is 2.59. The maximum absolute atomic E-state index is 11.7. The number of rotatable bonds is 0. The van der Waals surface area contributed by atoms with Crippen molar-refractivity contribution in [2.75, 3.05) is 13.6 Å². The largest absolute Gasteiger partial charge is 0.341 e. The molecule has 0 radical (unpaired) electrons. The van der Waals surface area contributed by atoms with Gasteiger partial charge in [0.05, 0.1) is 17.0 Å². The fourth-order valence-electron chi connectivity index (χ4n) is 1.84. The van der Waals surface area contributed by atoms with Crippen molar-refractivity contribution in [1.82, 2.24) is 14.7 Å². The van der Waals surface area contributed by atoms with Gasteiger partial charge in [-0.2, -0.15) is 5.10 Å². The van der Waals surface area contributed by atoms with Gasteiger partial charge in [0.15, 0.2) is 0 Å². The minimum atomic E-state index is 0.104. The van der Waals surface area contributed by atoms with E-state index in [9.17, 15) is 4.79 Å². The van der Waals surface area contributed by atoms with Crippen LogP contribution in [0.4, 0.5) is 0 Å². The third-order valence-corrected chi connectivity index (χ3v) is 2.59. The highest BCUT2D eigenvalue weighted by Crippen LogP contribution is 2.20. The molecule has 70 valence electrons. The first-order chi connectivity index (χ1) is 6.11. The summed E-state index contributed by atoms with van der Waals surface area (Å²) >= 11 is 0. The zero-order valence-corrected chi connectivity index (χ0v) is 8.16. The van der Waals surface area contributed by atoms with E-state index in [0.29, 0.717) is 0 Å². The first-order valence-corrected chi connectivity index (χ1v) is 4.39. The number of carbonyl (C=O) groups excluding carboxylic acids is 1. The molecule has 1 aromatic rings. The maximum Gasteiger partial charge on any atom is 0.257 e. The van der Waals surface area contributed by atoms with Crippen molar-refractivity contribution in [3.63, 3.8) is 0 Å². The van der Waals surface area contributed by atoms with Crippen LogP contribution in [0.15, 0.2) is 0 Å². The molecule has 2 rings (SSSR count). The smallest absolute Gasteiger partial charge is 0.257 e. The number of aryl methyl sites for hydroxylation is 2. The van der Waals surface area contributed by atoms with Crippen molar-refractivity contribution >= 4 is 5.91 Å². The van der Waals surface area contributed by atoms with E-state index in [1.54, 1.807) is 4.90 Å². The summed E-state index contributed by atoms with van der Waals surface area (Å²) in [4.78, 5) is 13.5. The molecule has 2 heterocycles. The third-order valence-electron chi connectivity index (χ3n) is 2.59. The Labute approximate surface area is 77.1 Å². The van der Waals surface area contributed by atoms with Gasteiger partial charge in [0, 0.05) is 27.1 Å². The molecule has 0 unspecified atom stereocenters. The molecule has 0 spiro atoms. The van der Waals surface area contributed by atoms with Crippen LogP contribution >= 0.6 is 0 Å². The number of nitrogens with zero attached hydrogens (tertiary/aromatic N) is 3. The Morgan fingerprint density at radius 3 is 2.77 bits per heavy atom. The summed E-state index contributed by atoms with van der Waals surface area (Å²) in [6.45, 7) is 2.68. The van der Waals surface area contributed by atoms with Gasteiger partial charge in [-0.15, -0.1) is 0 Å². The quantitative estimate of drug-likeness (QED) is 0.576. The summed E-state index contributed by atoms with van der Waals surface area (Å²) in [6, 6.07) is 0. The first kappa shape index (κ1) is 8.29. The van der Waals surface area contributed by atoms with Crippen LogP contribution in [0.2, 0.25) is 0 Å². The number of hydrogen-bond donors (Lipinski definition) is 0. The summed E-state index contributed by atoms with van der Waals surface area (Å²) in [5.74, 6) is 0.104. The topological polar surface area (TPSA) is 38.1 Å². The number of fused-ring (bicyclic) bond motifs is 1. The molecule has 1 aromatic heterocycles. The van der Waals surface area contributed by atoms with Crippen LogP contribution in [0.25, 0.3) is 0 Å². The number of hydrogen-bond acceptors (Lipinski definition) is 2. The summed E-state index contributed by atoms with van der Waals surface area (Å²) < 4.78 is 1.82. The van der Waals surface area contributed by atoms with E-state index in [4.69, 9.17) is 0 Å². The molecule has 1 aliphatic rings. The molecular formula is C9H13N3O. The number of likely N-dealkylation sites (N-methyl/N-ethyl adjacent to an activating group) is 1. The second kappa shape index (κ2) is 2.58. The molecule has 0 fully saturated rings. The van der Waals surface area contributed by atoms with Crippen LogP contribution in [0.1, 0.15) is 21.7 Å². The molecule has 0 saturated carbocycles. The van der Waals surface area contributed by atoms with Crippen LogP contribution < -0.4 is 0 Å². The second-order valence-corrected chi connectivity index (χ2v) is 3.51. The predicted octanol–water partition coefficient (Wildman–Crippen LogP) is 0.357. The number of carbonyl (C=O) groups is 1. The van der Waals surface area contributed by atoms with Gasteiger partial charge in [-0.05, 0) is 6.92 Å². The van der Waals surface area contributed by atoms with Gasteiger partial charge in [0.1, 0.15) is 0 Å². The zero-order valence-electron chi connectivity index (χ0n) is 8.16. The molecule has 0 aromatic carbocycles. The minimum Gasteiger partial charge on any atom is -0.341 e. The highest BCUT2D eigenvalue weighted by molar-refractivity contribution is 5.97. The molecule has 1 amide bonds. The fourth-order valence-corrected chi connectivity index (χ4v) is 1.84. The van der Waals surface area contributed by atoms with Gasteiger partial charge in [-0.3, -0.25) is 9.48 Å². The highest BCUT2D eigenvalue weighted by Gasteiger charge is 2.27. The molecule has 0 aliphatic carbocycles.